The smallest absolute Gasteiger partial charge is 0.399 e. The maximum atomic E-state index is 13.7. The lowest BCUT2D eigenvalue weighted by Gasteiger charge is -2.33. The van der Waals surface area contributed by atoms with Gasteiger partial charge < -0.3 is 16.0 Å². The fourth-order valence-corrected chi connectivity index (χ4v) is 3.54. The molecule has 3 rings (SSSR count). The summed E-state index contributed by atoms with van der Waals surface area (Å²) >= 11 is 0. The molecular weight excluding hydrogens is 422 g/mol. The summed E-state index contributed by atoms with van der Waals surface area (Å²) < 4.78 is 80.7. The SMILES string of the molecule is CN1CCN(Cc2ccc(NCc3ccc(N)cc3C(F)(F)F)cc2C(F)(F)F)CC1. The molecule has 3 N–H and O–H groups in total. The zero-order valence-corrected chi connectivity index (χ0v) is 16.9. The van der Waals surface area contributed by atoms with E-state index < -0.39 is 23.5 Å². The van der Waals surface area contributed by atoms with Crippen LogP contribution >= 0.6 is 0 Å². The van der Waals surface area contributed by atoms with Gasteiger partial charge in [-0.15, -0.1) is 0 Å². The number of nitrogens with zero attached hydrogens (tertiary/aromatic N) is 2. The van der Waals surface area contributed by atoms with Crippen molar-refractivity contribution in [2.45, 2.75) is 25.4 Å². The Morgan fingerprint density at radius 1 is 0.839 bits per heavy atom. The average molecular weight is 446 g/mol. The number of hydrogen-bond acceptors (Lipinski definition) is 4. The predicted molar refractivity (Wildman–Crippen MR) is 107 cm³/mol. The summed E-state index contributed by atoms with van der Waals surface area (Å²) in [6.07, 6.45) is -9.19. The number of nitrogens with one attached hydrogen (secondary N) is 1. The fourth-order valence-electron chi connectivity index (χ4n) is 3.54. The molecule has 0 bridgehead atoms. The molecule has 1 saturated heterocycles. The van der Waals surface area contributed by atoms with Gasteiger partial charge >= 0.3 is 12.4 Å². The molecule has 4 nitrogen and oxygen atoms in total. The molecule has 0 spiro atoms. The van der Waals surface area contributed by atoms with Crippen molar-refractivity contribution in [1.82, 2.24) is 9.80 Å². The molecule has 0 amide bonds. The molecule has 2 aromatic rings. The Hall–Kier alpha value is -2.46. The van der Waals surface area contributed by atoms with Crippen LogP contribution < -0.4 is 11.1 Å². The minimum Gasteiger partial charge on any atom is -0.399 e. The van der Waals surface area contributed by atoms with Gasteiger partial charge in [0.2, 0.25) is 0 Å². The molecule has 1 fully saturated rings. The number of alkyl halides is 6. The first-order valence-corrected chi connectivity index (χ1v) is 9.74. The average Bonchev–Trinajstić information content (AvgIpc) is 2.68. The van der Waals surface area contributed by atoms with Crippen molar-refractivity contribution in [3.05, 3.63) is 58.7 Å². The van der Waals surface area contributed by atoms with Crippen molar-refractivity contribution in [3.8, 4) is 0 Å². The third kappa shape index (κ3) is 6.04. The highest BCUT2D eigenvalue weighted by atomic mass is 19.4. The van der Waals surface area contributed by atoms with Gasteiger partial charge in [-0.3, -0.25) is 4.90 Å². The topological polar surface area (TPSA) is 44.5 Å². The van der Waals surface area contributed by atoms with Crippen LogP contribution in [0, 0.1) is 0 Å². The van der Waals surface area contributed by atoms with E-state index >= 15 is 0 Å². The van der Waals surface area contributed by atoms with Gasteiger partial charge in [0.25, 0.3) is 0 Å². The van der Waals surface area contributed by atoms with Gasteiger partial charge in [-0.2, -0.15) is 26.3 Å². The Kier molecular flexibility index (Phi) is 6.70. The highest BCUT2D eigenvalue weighted by Crippen LogP contribution is 2.36. The van der Waals surface area contributed by atoms with Crippen LogP contribution in [0.1, 0.15) is 22.3 Å². The molecular formula is C21H24F6N4. The second kappa shape index (κ2) is 8.96. The van der Waals surface area contributed by atoms with Gasteiger partial charge in [0.15, 0.2) is 0 Å². The summed E-state index contributed by atoms with van der Waals surface area (Å²) in [5, 5.41) is 2.68. The van der Waals surface area contributed by atoms with Crippen LogP contribution in [-0.4, -0.2) is 43.0 Å². The second-order valence-corrected chi connectivity index (χ2v) is 7.72. The highest BCUT2D eigenvalue weighted by molar-refractivity contribution is 5.52. The Labute approximate surface area is 176 Å². The number of piperazine rings is 1. The first-order valence-electron chi connectivity index (χ1n) is 9.74. The van der Waals surface area contributed by atoms with Gasteiger partial charge in [0.1, 0.15) is 0 Å². The number of nitrogen functional groups attached to an aromatic ring is 1. The molecule has 170 valence electrons. The van der Waals surface area contributed by atoms with E-state index in [0.29, 0.717) is 13.1 Å². The van der Waals surface area contributed by atoms with Crippen LogP contribution in [0.25, 0.3) is 0 Å². The Bertz CT molecular complexity index is 902. The normalized spacial score (nSPS) is 16.5. The summed E-state index contributed by atoms with van der Waals surface area (Å²) in [5.74, 6) is 0. The molecule has 31 heavy (non-hydrogen) atoms. The van der Waals surface area contributed by atoms with E-state index in [-0.39, 0.29) is 35.6 Å². The minimum absolute atomic E-state index is 0.0382. The van der Waals surface area contributed by atoms with E-state index in [2.05, 4.69) is 10.2 Å². The number of anilines is 2. The molecule has 0 saturated carbocycles. The first kappa shape index (κ1) is 23.2. The van der Waals surface area contributed by atoms with Crippen molar-refractivity contribution in [1.29, 1.82) is 0 Å². The van der Waals surface area contributed by atoms with Crippen LogP contribution in [0.2, 0.25) is 0 Å². The van der Waals surface area contributed by atoms with Crippen LogP contribution in [0.4, 0.5) is 37.7 Å². The molecule has 0 unspecified atom stereocenters. The maximum Gasteiger partial charge on any atom is 0.416 e. The van der Waals surface area contributed by atoms with Crippen molar-refractivity contribution in [2.75, 3.05) is 44.3 Å². The summed E-state index contributed by atoms with van der Waals surface area (Å²) in [6.45, 7) is 2.79. The van der Waals surface area contributed by atoms with E-state index in [1.165, 1.54) is 24.3 Å². The number of nitrogens with two attached hydrogens (primary N) is 1. The zero-order chi connectivity index (χ0) is 22.8. The maximum absolute atomic E-state index is 13.7. The molecule has 1 heterocycles. The molecule has 0 aromatic heterocycles. The first-order chi connectivity index (χ1) is 14.4. The molecule has 0 atom stereocenters. The zero-order valence-electron chi connectivity index (χ0n) is 16.9. The van der Waals surface area contributed by atoms with Crippen LogP contribution in [0.5, 0.6) is 0 Å². The Morgan fingerprint density at radius 3 is 2.03 bits per heavy atom. The quantitative estimate of drug-likeness (QED) is 0.518. The van der Waals surface area contributed by atoms with E-state index in [1.807, 2.05) is 11.9 Å². The molecule has 1 aliphatic rings. The number of halogens is 6. The molecule has 1 aliphatic heterocycles. The van der Waals surface area contributed by atoms with Crippen molar-refractivity contribution in [2.24, 2.45) is 0 Å². The standard InChI is InChI=1S/C21H24F6N4/c1-30-6-8-31(9-7-30)13-15-3-5-17(11-19(15)21(25,26)27)29-12-14-2-4-16(28)10-18(14)20(22,23)24/h2-5,10-11,29H,6-9,12-13,28H2,1H3. The second-order valence-electron chi connectivity index (χ2n) is 7.72. The molecule has 10 heteroatoms. The molecule has 0 radical (unpaired) electrons. The lowest BCUT2D eigenvalue weighted by Crippen LogP contribution is -2.44. The third-order valence-corrected chi connectivity index (χ3v) is 5.33. The predicted octanol–water partition coefficient (Wildman–Crippen LogP) is 4.67. The number of benzene rings is 2. The van der Waals surface area contributed by atoms with Crippen molar-refractivity contribution < 1.29 is 26.3 Å². The van der Waals surface area contributed by atoms with Gasteiger partial charge in [-0.25, -0.2) is 0 Å². The van der Waals surface area contributed by atoms with Gasteiger partial charge in [-0.05, 0) is 42.4 Å². The Balaban J connectivity index is 1.79. The van der Waals surface area contributed by atoms with E-state index in [9.17, 15) is 26.3 Å². The summed E-state index contributed by atoms with van der Waals surface area (Å²) in [7, 11) is 1.96. The van der Waals surface area contributed by atoms with Crippen LogP contribution in [-0.2, 0) is 25.4 Å². The largest absolute Gasteiger partial charge is 0.416 e. The number of hydrogen-bond donors (Lipinski definition) is 2. The van der Waals surface area contributed by atoms with Crippen molar-refractivity contribution >= 4 is 11.4 Å². The summed E-state index contributed by atoms with van der Waals surface area (Å²) in [5.41, 5.74) is 3.85. The summed E-state index contributed by atoms with van der Waals surface area (Å²) in [6, 6.07) is 7.17. The van der Waals surface area contributed by atoms with Crippen LogP contribution in [0.3, 0.4) is 0 Å². The van der Waals surface area contributed by atoms with Gasteiger partial charge in [0.05, 0.1) is 11.1 Å². The van der Waals surface area contributed by atoms with Crippen molar-refractivity contribution in [3.63, 3.8) is 0 Å². The monoisotopic (exact) mass is 446 g/mol. The summed E-state index contributed by atoms with van der Waals surface area (Å²) in [4.78, 5) is 4.07. The lowest BCUT2D eigenvalue weighted by molar-refractivity contribution is -0.139. The van der Waals surface area contributed by atoms with Gasteiger partial charge in [-0.1, -0.05) is 12.1 Å². The Morgan fingerprint density at radius 2 is 1.42 bits per heavy atom. The lowest BCUT2D eigenvalue weighted by atomic mass is 10.0. The fraction of sp³-hybridized carbons (Fsp3) is 0.429. The number of rotatable bonds is 5. The van der Waals surface area contributed by atoms with Crippen LogP contribution in [0.15, 0.2) is 36.4 Å². The minimum atomic E-state index is -4.62. The molecule has 2 aromatic carbocycles. The van der Waals surface area contributed by atoms with E-state index in [1.54, 1.807) is 0 Å². The third-order valence-electron chi connectivity index (χ3n) is 5.33. The van der Waals surface area contributed by atoms with E-state index in [4.69, 9.17) is 5.73 Å². The number of likely N-dealkylation sites (N-methyl/N-ethyl adjacent to an activating group) is 1. The molecule has 0 aliphatic carbocycles. The van der Waals surface area contributed by atoms with Gasteiger partial charge in [0, 0.05) is 50.6 Å². The highest BCUT2D eigenvalue weighted by Gasteiger charge is 2.35. The van der Waals surface area contributed by atoms with E-state index in [0.717, 1.165) is 25.2 Å².